The molecule has 2 rings (SSSR count). The fourth-order valence-electron chi connectivity index (χ4n) is 2.33. The minimum absolute atomic E-state index is 0.0700. The van der Waals surface area contributed by atoms with E-state index in [-0.39, 0.29) is 5.91 Å². The largest absolute Gasteiger partial charge is 0.317 e. The molecule has 0 unspecified atom stereocenters. The summed E-state index contributed by atoms with van der Waals surface area (Å²) >= 11 is 0. The molecular weight excluding hydrogens is 212 g/mol. The van der Waals surface area contributed by atoms with Crippen molar-refractivity contribution in [2.24, 2.45) is 5.73 Å². The number of nitrogens with two attached hydrogens (primary N) is 1. The first-order chi connectivity index (χ1) is 8.08. The van der Waals surface area contributed by atoms with Gasteiger partial charge >= 0.3 is 0 Å². The Hall–Kier alpha value is -1.35. The van der Waals surface area contributed by atoms with Gasteiger partial charge in [0.25, 0.3) is 0 Å². The summed E-state index contributed by atoms with van der Waals surface area (Å²) in [5, 5.41) is 0. The molecule has 2 N–H and O–H groups in total. The third-order valence-electron chi connectivity index (χ3n) is 3.64. The van der Waals surface area contributed by atoms with Crippen LogP contribution in [0.4, 0.5) is 5.69 Å². The summed E-state index contributed by atoms with van der Waals surface area (Å²) in [5.74, 6) is 0.0700. The summed E-state index contributed by atoms with van der Waals surface area (Å²) in [7, 11) is 0. The molecule has 1 aromatic rings. The second-order valence-electron chi connectivity index (χ2n) is 4.85. The van der Waals surface area contributed by atoms with E-state index in [9.17, 15) is 4.79 Å². The molecule has 1 aromatic carbocycles. The molecule has 0 radical (unpaired) electrons. The minimum Gasteiger partial charge on any atom is -0.317 e. The number of carbonyl (C=O) groups excluding carboxylic acids is 1. The second-order valence-corrected chi connectivity index (χ2v) is 4.85. The normalized spacial score (nSPS) is 17.4. The predicted molar refractivity (Wildman–Crippen MR) is 70.0 cm³/mol. The van der Waals surface area contributed by atoms with Gasteiger partial charge in [-0.2, -0.15) is 0 Å². The van der Waals surface area contributed by atoms with Gasteiger partial charge in [0.15, 0.2) is 0 Å². The molecular formula is C14H20N2O. The van der Waals surface area contributed by atoms with Gasteiger partial charge in [0.1, 0.15) is 0 Å². The van der Waals surface area contributed by atoms with Gasteiger partial charge in [0.05, 0.1) is 5.54 Å². The van der Waals surface area contributed by atoms with Crippen molar-refractivity contribution < 1.29 is 4.79 Å². The molecule has 1 fully saturated rings. The lowest BCUT2D eigenvalue weighted by atomic mass is 9.76. The van der Waals surface area contributed by atoms with Gasteiger partial charge in [-0.15, -0.1) is 0 Å². The minimum atomic E-state index is -0.613. The van der Waals surface area contributed by atoms with Crippen molar-refractivity contribution >= 4 is 11.6 Å². The van der Waals surface area contributed by atoms with E-state index in [1.165, 1.54) is 0 Å². The molecule has 92 valence electrons. The van der Waals surface area contributed by atoms with Crippen molar-refractivity contribution in [3.05, 3.63) is 29.8 Å². The van der Waals surface area contributed by atoms with Crippen molar-refractivity contribution in [2.45, 2.75) is 38.6 Å². The average molecular weight is 232 g/mol. The Bertz CT molecular complexity index is 424. The highest BCUT2D eigenvalue weighted by molar-refractivity contribution is 6.01. The number of likely N-dealkylation sites (N-methyl/N-ethyl adjacent to an activating group) is 1. The fraction of sp³-hybridized carbons (Fsp3) is 0.500. The number of hydrogen-bond donors (Lipinski definition) is 1. The number of anilines is 1. The van der Waals surface area contributed by atoms with Crippen molar-refractivity contribution in [3.63, 3.8) is 0 Å². The molecule has 1 aliphatic carbocycles. The Kier molecular flexibility index (Phi) is 3.20. The molecule has 0 aromatic heterocycles. The molecule has 3 nitrogen and oxygen atoms in total. The highest BCUT2D eigenvalue weighted by atomic mass is 16.2. The third kappa shape index (κ3) is 2.07. The topological polar surface area (TPSA) is 46.3 Å². The molecule has 0 bridgehead atoms. The standard InChI is InChI=1S/C14H20N2O/c1-3-16(12-8-5-4-7-11(12)2)13(17)14(15)9-6-10-14/h4-5,7-8H,3,6,9-10,15H2,1-2H3. The Labute approximate surface area is 103 Å². The van der Waals surface area contributed by atoms with E-state index in [4.69, 9.17) is 5.73 Å². The van der Waals surface area contributed by atoms with Crippen molar-refractivity contribution in [1.82, 2.24) is 0 Å². The van der Waals surface area contributed by atoms with Gasteiger partial charge in [-0.05, 0) is 44.7 Å². The molecule has 0 spiro atoms. The van der Waals surface area contributed by atoms with Gasteiger partial charge in [0.2, 0.25) is 5.91 Å². The molecule has 0 heterocycles. The van der Waals surface area contributed by atoms with Crippen LogP contribution in [-0.2, 0) is 4.79 Å². The number of para-hydroxylation sites is 1. The Morgan fingerprint density at radius 1 is 1.41 bits per heavy atom. The Morgan fingerprint density at radius 2 is 2.06 bits per heavy atom. The van der Waals surface area contributed by atoms with Crippen LogP contribution in [0.3, 0.4) is 0 Å². The summed E-state index contributed by atoms with van der Waals surface area (Å²) in [4.78, 5) is 14.2. The molecule has 17 heavy (non-hydrogen) atoms. The zero-order valence-corrected chi connectivity index (χ0v) is 10.6. The fourth-order valence-corrected chi connectivity index (χ4v) is 2.33. The molecule has 0 saturated heterocycles. The lowest BCUT2D eigenvalue weighted by Gasteiger charge is -2.40. The van der Waals surface area contributed by atoms with E-state index in [0.29, 0.717) is 6.54 Å². The number of rotatable bonds is 3. The second kappa shape index (κ2) is 4.49. The number of aryl methyl sites for hydroxylation is 1. The number of amides is 1. The quantitative estimate of drug-likeness (QED) is 0.868. The van der Waals surface area contributed by atoms with Gasteiger partial charge in [-0.1, -0.05) is 18.2 Å². The van der Waals surface area contributed by atoms with E-state index >= 15 is 0 Å². The highest BCUT2D eigenvalue weighted by Crippen LogP contribution is 2.33. The van der Waals surface area contributed by atoms with Crippen LogP contribution in [0.1, 0.15) is 31.7 Å². The van der Waals surface area contributed by atoms with Crippen molar-refractivity contribution in [1.29, 1.82) is 0 Å². The molecule has 1 aliphatic rings. The number of hydrogen-bond acceptors (Lipinski definition) is 2. The number of benzene rings is 1. The van der Waals surface area contributed by atoms with Gasteiger partial charge < -0.3 is 10.6 Å². The van der Waals surface area contributed by atoms with E-state index < -0.39 is 5.54 Å². The first-order valence-electron chi connectivity index (χ1n) is 6.25. The summed E-state index contributed by atoms with van der Waals surface area (Å²) < 4.78 is 0. The first-order valence-corrected chi connectivity index (χ1v) is 6.25. The maximum absolute atomic E-state index is 12.4. The van der Waals surface area contributed by atoms with E-state index in [1.807, 2.05) is 43.0 Å². The highest BCUT2D eigenvalue weighted by Gasteiger charge is 2.42. The van der Waals surface area contributed by atoms with Crippen LogP contribution in [0.5, 0.6) is 0 Å². The maximum atomic E-state index is 12.4. The molecule has 0 aliphatic heterocycles. The van der Waals surface area contributed by atoms with Gasteiger partial charge in [-0.3, -0.25) is 4.79 Å². The Morgan fingerprint density at radius 3 is 2.53 bits per heavy atom. The van der Waals surface area contributed by atoms with Crippen LogP contribution >= 0.6 is 0 Å². The van der Waals surface area contributed by atoms with Crippen molar-refractivity contribution in [3.8, 4) is 0 Å². The van der Waals surface area contributed by atoms with Crippen LogP contribution in [0, 0.1) is 6.92 Å². The predicted octanol–water partition coefficient (Wildman–Crippen LogP) is 2.23. The van der Waals surface area contributed by atoms with Crippen LogP contribution in [-0.4, -0.2) is 18.0 Å². The van der Waals surface area contributed by atoms with Gasteiger partial charge in [0, 0.05) is 12.2 Å². The molecule has 1 saturated carbocycles. The first kappa shape index (κ1) is 12.1. The monoisotopic (exact) mass is 232 g/mol. The number of nitrogens with zero attached hydrogens (tertiary/aromatic N) is 1. The molecule has 0 atom stereocenters. The van der Waals surface area contributed by atoms with Crippen LogP contribution in [0.2, 0.25) is 0 Å². The third-order valence-corrected chi connectivity index (χ3v) is 3.64. The van der Waals surface area contributed by atoms with E-state index in [1.54, 1.807) is 0 Å². The molecule has 3 heteroatoms. The van der Waals surface area contributed by atoms with Crippen LogP contribution in [0.15, 0.2) is 24.3 Å². The van der Waals surface area contributed by atoms with E-state index in [0.717, 1.165) is 30.5 Å². The van der Waals surface area contributed by atoms with Crippen LogP contribution < -0.4 is 10.6 Å². The maximum Gasteiger partial charge on any atom is 0.247 e. The smallest absolute Gasteiger partial charge is 0.247 e. The Balaban J connectivity index is 2.28. The van der Waals surface area contributed by atoms with Crippen LogP contribution in [0.25, 0.3) is 0 Å². The SMILES string of the molecule is CCN(C(=O)C1(N)CCC1)c1ccccc1C. The zero-order valence-electron chi connectivity index (χ0n) is 10.6. The summed E-state index contributed by atoms with van der Waals surface area (Å²) in [6.45, 7) is 4.68. The van der Waals surface area contributed by atoms with E-state index in [2.05, 4.69) is 0 Å². The lowest BCUT2D eigenvalue weighted by molar-refractivity contribution is -0.126. The summed E-state index contributed by atoms with van der Waals surface area (Å²) in [6.07, 6.45) is 2.69. The lowest BCUT2D eigenvalue weighted by Crippen LogP contribution is -2.59. The average Bonchev–Trinajstić information content (AvgIpc) is 2.29. The summed E-state index contributed by atoms with van der Waals surface area (Å²) in [5.41, 5.74) is 7.61. The van der Waals surface area contributed by atoms with Crippen molar-refractivity contribution in [2.75, 3.05) is 11.4 Å². The molecule has 1 amide bonds. The van der Waals surface area contributed by atoms with Gasteiger partial charge in [-0.25, -0.2) is 0 Å². The summed E-state index contributed by atoms with van der Waals surface area (Å²) in [6, 6.07) is 7.95. The zero-order chi connectivity index (χ0) is 12.5. The number of carbonyl (C=O) groups is 1.